The summed E-state index contributed by atoms with van der Waals surface area (Å²) in [5.74, 6) is -0.402. The highest BCUT2D eigenvalue weighted by atomic mass is 16.3. The van der Waals surface area contributed by atoms with Gasteiger partial charge in [0.2, 0.25) is 0 Å². The van der Waals surface area contributed by atoms with Crippen LogP contribution in [0.15, 0.2) is 36.5 Å². The third-order valence-corrected chi connectivity index (χ3v) is 2.76. The fourth-order valence-electron chi connectivity index (χ4n) is 1.83. The summed E-state index contributed by atoms with van der Waals surface area (Å²) < 4.78 is 1.47. The predicted octanol–water partition coefficient (Wildman–Crippen LogP) is 0.466. The van der Waals surface area contributed by atoms with E-state index >= 15 is 0 Å². The summed E-state index contributed by atoms with van der Waals surface area (Å²) in [4.78, 5) is 12.0. The molecule has 0 fully saturated rings. The number of carbonyl (C=O) groups excluding carboxylic acids is 1. The molecule has 6 heteroatoms. The van der Waals surface area contributed by atoms with E-state index in [-0.39, 0.29) is 12.3 Å². The number of aliphatic hydroxyl groups excluding tert-OH is 1. The molecule has 1 aromatic carbocycles. The van der Waals surface area contributed by atoms with Crippen LogP contribution in [0.2, 0.25) is 0 Å². The summed E-state index contributed by atoms with van der Waals surface area (Å²) in [5.41, 5.74) is 6.99. The Hall–Kier alpha value is -2.34. The largest absolute Gasteiger partial charge is 0.396 e. The second kappa shape index (κ2) is 5.53. The number of aliphatic hydroxyl groups is 1. The second-order valence-electron chi connectivity index (χ2n) is 4.23. The third-order valence-electron chi connectivity index (χ3n) is 2.76. The number of hydrogen-bond acceptors (Lipinski definition) is 4. The Morgan fingerprint density at radius 2 is 2.16 bits per heavy atom. The number of aromatic nitrogens is 2. The lowest BCUT2D eigenvalue weighted by molar-refractivity contribution is 0.0911. The van der Waals surface area contributed by atoms with E-state index in [0.717, 1.165) is 5.56 Å². The molecule has 0 spiro atoms. The van der Waals surface area contributed by atoms with Crippen LogP contribution in [0.4, 0.5) is 5.69 Å². The first-order chi connectivity index (χ1) is 9.11. The molecule has 4 N–H and O–H groups in total. The molecule has 19 heavy (non-hydrogen) atoms. The molecule has 0 aliphatic rings. The first-order valence-corrected chi connectivity index (χ1v) is 5.87. The summed E-state index contributed by atoms with van der Waals surface area (Å²) in [6.45, 7) is -0.192. The van der Waals surface area contributed by atoms with Crippen LogP contribution in [0, 0.1) is 0 Å². The topological polar surface area (TPSA) is 93.2 Å². The fraction of sp³-hybridized carbons (Fsp3) is 0.231. The number of nitrogens with one attached hydrogen (secondary N) is 1. The van der Waals surface area contributed by atoms with E-state index in [1.54, 1.807) is 13.2 Å². The Morgan fingerprint density at radius 1 is 1.47 bits per heavy atom. The minimum absolute atomic E-state index is 0.164. The van der Waals surface area contributed by atoms with Gasteiger partial charge in [0.15, 0.2) is 5.69 Å². The van der Waals surface area contributed by atoms with Crippen molar-refractivity contribution >= 4 is 11.6 Å². The van der Waals surface area contributed by atoms with Crippen LogP contribution in [0.5, 0.6) is 0 Å². The molecular weight excluding hydrogens is 244 g/mol. The van der Waals surface area contributed by atoms with Gasteiger partial charge in [-0.3, -0.25) is 9.48 Å². The maximum atomic E-state index is 12.0. The van der Waals surface area contributed by atoms with E-state index in [4.69, 9.17) is 5.73 Å². The number of nitrogens with two attached hydrogens (primary N) is 1. The molecule has 1 aromatic heterocycles. The van der Waals surface area contributed by atoms with E-state index in [2.05, 4.69) is 10.4 Å². The van der Waals surface area contributed by atoms with Gasteiger partial charge in [-0.25, -0.2) is 0 Å². The highest BCUT2D eigenvalue weighted by molar-refractivity contribution is 5.97. The van der Waals surface area contributed by atoms with Crippen LogP contribution in [0.3, 0.4) is 0 Å². The summed E-state index contributed by atoms with van der Waals surface area (Å²) in [6, 6.07) is 8.76. The molecule has 2 aromatic rings. The predicted molar refractivity (Wildman–Crippen MR) is 71.4 cm³/mol. The maximum Gasteiger partial charge on any atom is 0.274 e. The van der Waals surface area contributed by atoms with Crippen molar-refractivity contribution in [3.05, 3.63) is 47.8 Å². The summed E-state index contributed by atoms with van der Waals surface area (Å²) in [6.07, 6.45) is 1.56. The lowest BCUT2D eigenvalue weighted by atomic mass is 10.1. The summed E-state index contributed by atoms with van der Waals surface area (Å²) in [7, 11) is 1.69. The Kier molecular flexibility index (Phi) is 3.82. The van der Waals surface area contributed by atoms with Gasteiger partial charge in [0.1, 0.15) is 0 Å². The number of anilines is 1. The van der Waals surface area contributed by atoms with Crippen LogP contribution < -0.4 is 11.1 Å². The number of carbonyl (C=O) groups is 1. The molecule has 0 bridgehead atoms. The average Bonchev–Trinajstić information content (AvgIpc) is 2.76. The standard InChI is InChI=1S/C13H16N4O2/c1-17-7-10(14)12(16-17)13(19)15-11(8-18)9-5-3-2-4-6-9/h2-7,11,18H,8,14H2,1H3,(H,15,19)/t11-/m0/s1. The monoisotopic (exact) mass is 260 g/mol. The Labute approximate surface area is 110 Å². The zero-order valence-electron chi connectivity index (χ0n) is 10.6. The smallest absolute Gasteiger partial charge is 0.274 e. The van der Waals surface area contributed by atoms with Crippen LogP contribution >= 0.6 is 0 Å². The number of aryl methyl sites for hydroxylation is 1. The van der Waals surface area contributed by atoms with Crippen LogP contribution in [-0.4, -0.2) is 27.4 Å². The second-order valence-corrected chi connectivity index (χ2v) is 4.23. The SMILES string of the molecule is Cn1cc(N)c(C(=O)N[C@@H](CO)c2ccccc2)n1. The Balaban J connectivity index is 2.15. The van der Waals surface area contributed by atoms with Crippen molar-refractivity contribution in [3.8, 4) is 0 Å². The molecule has 0 unspecified atom stereocenters. The highest BCUT2D eigenvalue weighted by Gasteiger charge is 2.18. The van der Waals surface area contributed by atoms with Gasteiger partial charge in [0, 0.05) is 13.2 Å². The van der Waals surface area contributed by atoms with Gasteiger partial charge in [-0.15, -0.1) is 0 Å². The number of benzene rings is 1. The minimum Gasteiger partial charge on any atom is -0.396 e. The third kappa shape index (κ3) is 2.92. The average molecular weight is 260 g/mol. The van der Waals surface area contributed by atoms with Crippen molar-refractivity contribution in [2.45, 2.75) is 6.04 Å². The lowest BCUT2D eigenvalue weighted by Gasteiger charge is -2.16. The molecule has 0 aliphatic carbocycles. The Morgan fingerprint density at radius 3 is 2.68 bits per heavy atom. The molecule has 2 rings (SSSR count). The number of nitrogens with zero attached hydrogens (tertiary/aromatic N) is 2. The molecule has 1 heterocycles. The van der Waals surface area contributed by atoms with Gasteiger partial charge in [0.25, 0.3) is 5.91 Å². The van der Waals surface area contributed by atoms with Crippen molar-refractivity contribution in [3.63, 3.8) is 0 Å². The number of nitrogen functional groups attached to an aromatic ring is 1. The Bertz CT molecular complexity index is 565. The number of amides is 1. The summed E-state index contributed by atoms with van der Waals surface area (Å²) >= 11 is 0. The van der Waals surface area contributed by atoms with Gasteiger partial charge >= 0.3 is 0 Å². The van der Waals surface area contributed by atoms with E-state index in [9.17, 15) is 9.90 Å². The van der Waals surface area contributed by atoms with Crippen molar-refractivity contribution in [2.24, 2.45) is 7.05 Å². The molecule has 0 saturated heterocycles. The van der Waals surface area contributed by atoms with Crippen molar-refractivity contribution in [1.82, 2.24) is 15.1 Å². The number of hydrogen-bond donors (Lipinski definition) is 3. The zero-order chi connectivity index (χ0) is 13.8. The quantitative estimate of drug-likeness (QED) is 0.744. The lowest BCUT2D eigenvalue weighted by Crippen LogP contribution is -2.31. The highest BCUT2D eigenvalue weighted by Crippen LogP contribution is 2.14. The van der Waals surface area contributed by atoms with Crippen LogP contribution in [0.1, 0.15) is 22.1 Å². The number of rotatable bonds is 4. The van der Waals surface area contributed by atoms with Crippen LogP contribution in [0.25, 0.3) is 0 Å². The fourth-order valence-corrected chi connectivity index (χ4v) is 1.83. The van der Waals surface area contributed by atoms with E-state index in [1.165, 1.54) is 4.68 Å². The molecule has 0 aliphatic heterocycles. The van der Waals surface area contributed by atoms with E-state index in [1.807, 2.05) is 30.3 Å². The molecule has 100 valence electrons. The van der Waals surface area contributed by atoms with E-state index in [0.29, 0.717) is 5.69 Å². The molecule has 1 amide bonds. The molecule has 1 atom stereocenters. The molecule has 0 radical (unpaired) electrons. The first-order valence-electron chi connectivity index (χ1n) is 5.87. The van der Waals surface area contributed by atoms with Gasteiger partial charge in [-0.1, -0.05) is 30.3 Å². The minimum atomic E-state index is -0.477. The molecule has 6 nitrogen and oxygen atoms in total. The molecular formula is C13H16N4O2. The van der Waals surface area contributed by atoms with Crippen molar-refractivity contribution < 1.29 is 9.90 Å². The normalized spacial score (nSPS) is 12.1. The maximum absolute atomic E-state index is 12.0. The van der Waals surface area contributed by atoms with Crippen molar-refractivity contribution in [1.29, 1.82) is 0 Å². The van der Waals surface area contributed by atoms with Gasteiger partial charge in [-0.05, 0) is 5.56 Å². The van der Waals surface area contributed by atoms with Gasteiger partial charge in [-0.2, -0.15) is 5.10 Å². The zero-order valence-corrected chi connectivity index (χ0v) is 10.6. The summed E-state index contributed by atoms with van der Waals surface area (Å²) in [5, 5.41) is 16.1. The van der Waals surface area contributed by atoms with Gasteiger partial charge < -0.3 is 16.2 Å². The van der Waals surface area contributed by atoms with Crippen molar-refractivity contribution in [2.75, 3.05) is 12.3 Å². The molecule has 0 saturated carbocycles. The van der Waals surface area contributed by atoms with E-state index < -0.39 is 11.9 Å². The van der Waals surface area contributed by atoms with Gasteiger partial charge in [0.05, 0.1) is 18.3 Å². The first kappa shape index (κ1) is 13.1. The van der Waals surface area contributed by atoms with Crippen LogP contribution in [-0.2, 0) is 7.05 Å².